The van der Waals surface area contributed by atoms with Crippen LogP contribution in [0, 0.1) is 16.0 Å². The maximum Gasteiger partial charge on any atom is 0.294 e. The standard InChI is InChI=1S/C13H18ClN3O2/c14-11-3-4-12(13(8-11)17(18)19)16-7-1-2-10(9-16)5-6-15/h3-4,8,10H,1-2,5-7,9,15H2. The molecule has 104 valence electrons. The summed E-state index contributed by atoms with van der Waals surface area (Å²) in [6, 6.07) is 4.87. The predicted octanol–water partition coefficient (Wildman–Crippen LogP) is 2.81. The average Bonchev–Trinajstić information content (AvgIpc) is 2.39. The Morgan fingerprint density at radius 3 is 3.00 bits per heavy atom. The quantitative estimate of drug-likeness (QED) is 0.681. The number of nitro groups is 1. The second kappa shape index (κ2) is 6.21. The Labute approximate surface area is 117 Å². The summed E-state index contributed by atoms with van der Waals surface area (Å²) in [6.07, 6.45) is 3.16. The first-order chi connectivity index (χ1) is 9.11. The van der Waals surface area contributed by atoms with Crippen molar-refractivity contribution in [3.63, 3.8) is 0 Å². The van der Waals surface area contributed by atoms with Crippen molar-refractivity contribution in [2.24, 2.45) is 11.7 Å². The van der Waals surface area contributed by atoms with Crippen molar-refractivity contribution in [3.8, 4) is 0 Å². The first-order valence-electron chi connectivity index (χ1n) is 6.50. The Bertz CT molecular complexity index is 465. The lowest BCUT2D eigenvalue weighted by Gasteiger charge is -2.34. The molecular weight excluding hydrogens is 266 g/mol. The molecule has 5 nitrogen and oxygen atoms in total. The average molecular weight is 284 g/mol. The number of benzene rings is 1. The van der Waals surface area contributed by atoms with Crippen molar-refractivity contribution < 1.29 is 4.92 Å². The molecule has 1 aromatic rings. The minimum absolute atomic E-state index is 0.0842. The van der Waals surface area contributed by atoms with E-state index in [1.165, 1.54) is 6.07 Å². The summed E-state index contributed by atoms with van der Waals surface area (Å²) < 4.78 is 0. The van der Waals surface area contributed by atoms with Gasteiger partial charge in [-0.05, 0) is 43.9 Å². The zero-order chi connectivity index (χ0) is 13.8. The first-order valence-corrected chi connectivity index (χ1v) is 6.88. The lowest BCUT2D eigenvalue weighted by Crippen LogP contribution is -2.36. The van der Waals surface area contributed by atoms with Crippen LogP contribution in [0.25, 0.3) is 0 Å². The molecule has 1 atom stereocenters. The van der Waals surface area contributed by atoms with Crippen molar-refractivity contribution in [1.29, 1.82) is 0 Å². The third kappa shape index (κ3) is 3.36. The number of hydrogen-bond donors (Lipinski definition) is 1. The molecule has 0 radical (unpaired) electrons. The summed E-state index contributed by atoms with van der Waals surface area (Å²) in [5.41, 5.74) is 6.34. The fourth-order valence-corrected chi connectivity index (χ4v) is 2.83. The maximum absolute atomic E-state index is 11.1. The minimum Gasteiger partial charge on any atom is -0.366 e. The number of hydrogen-bond acceptors (Lipinski definition) is 4. The van der Waals surface area contributed by atoms with Gasteiger partial charge in [0.25, 0.3) is 5.69 Å². The number of anilines is 1. The smallest absolute Gasteiger partial charge is 0.294 e. The van der Waals surface area contributed by atoms with Gasteiger partial charge in [0.05, 0.1) is 4.92 Å². The monoisotopic (exact) mass is 283 g/mol. The minimum atomic E-state index is -0.367. The first kappa shape index (κ1) is 14.1. The third-order valence-electron chi connectivity index (χ3n) is 3.57. The van der Waals surface area contributed by atoms with Gasteiger partial charge >= 0.3 is 0 Å². The molecule has 1 aliphatic rings. The van der Waals surface area contributed by atoms with Gasteiger partial charge in [0.15, 0.2) is 0 Å². The van der Waals surface area contributed by atoms with Crippen LogP contribution in [0.2, 0.25) is 5.02 Å². The molecule has 1 aromatic carbocycles. The summed E-state index contributed by atoms with van der Waals surface area (Å²) in [4.78, 5) is 12.8. The van der Waals surface area contributed by atoms with Gasteiger partial charge in [-0.1, -0.05) is 11.6 Å². The highest BCUT2D eigenvalue weighted by molar-refractivity contribution is 6.30. The van der Waals surface area contributed by atoms with E-state index in [0.717, 1.165) is 32.4 Å². The Morgan fingerprint density at radius 1 is 1.53 bits per heavy atom. The molecule has 0 amide bonds. The number of rotatable bonds is 4. The lowest BCUT2D eigenvalue weighted by molar-refractivity contribution is -0.384. The molecule has 0 aliphatic carbocycles. The topological polar surface area (TPSA) is 72.4 Å². The summed E-state index contributed by atoms with van der Waals surface area (Å²) in [5, 5.41) is 11.5. The highest BCUT2D eigenvalue weighted by atomic mass is 35.5. The molecule has 1 heterocycles. The molecule has 0 aromatic heterocycles. The van der Waals surface area contributed by atoms with Crippen LogP contribution in [0.5, 0.6) is 0 Å². The van der Waals surface area contributed by atoms with Crippen molar-refractivity contribution in [3.05, 3.63) is 33.3 Å². The predicted molar refractivity (Wildman–Crippen MR) is 76.7 cm³/mol. The van der Waals surface area contributed by atoms with Gasteiger partial charge in [0.1, 0.15) is 5.69 Å². The van der Waals surface area contributed by atoms with E-state index in [-0.39, 0.29) is 10.6 Å². The number of nitro benzene ring substituents is 1. The van der Waals surface area contributed by atoms with E-state index in [4.69, 9.17) is 17.3 Å². The van der Waals surface area contributed by atoms with Crippen LogP contribution in [0.4, 0.5) is 11.4 Å². The Morgan fingerprint density at radius 2 is 2.32 bits per heavy atom. The second-order valence-electron chi connectivity index (χ2n) is 4.92. The van der Waals surface area contributed by atoms with Crippen molar-refractivity contribution in [2.75, 3.05) is 24.5 Å². The van der Waals surface area contributed by atoms with Gasteiger partial charge in [-0.3, -0.25) is 10.1 Å². The van der Waals surface area contributed by atoms with E-state index in [1.807, 2.05) is 0 Å². The molecule has 1 unspecified atom stereocenters. The molecule has 0 saturated carbocycles. The Balaban J connectivity index is 2.23. The van der Waals surface area contributed by atoms with Crippen LogP contribution >= 0.6 is 11.6 Å². The van der Waals surface area contributed by atoms with E-state index in [2.05, 4.69) is 4.90 Å². The van der Waals surface area contributed by atoms with Crippen molar-refractivity contribution in [1.82, 2.24) is 0 Å². The van der Waals surface area contributed by atoms with Gasteiger partial charge in [-0.25, -0.2) is 0 Å². The molecular formula is C13H18ClN3O2. The highest BCUT2D eigenvalue weighted by Crippen LogP contribution is 2.34. The molecule has 0 spiro atoms. The zero-order valence-electron chi connectivity index (χ0n) is 10.7. The largest absolute Gasteiger partial charge is 0.366 e. The van der Waals surface area contributed by atoms with E-state index in [0.29, 0.717) is 23.2 Å². The van der Waals surface area contributed by atoms with E-state index < -0.39 is 0 Å². The van der Waals surface area contributed by atoms with Crippen LogP contribution in [-0.2, 0) is 0 Å². The molecule has 2 rings (SSSR count). The number of nitrogens with zero attached hydrogens (tertiary/aromatic N) is 2. The van der Waals surface area contributed by atoms with E-state index in [1.54, 1.807) is 12.1 Å². The molecule has 19 heavy (non-hydrogen) atoms. The number of halogens is 1. The number of piperidine rings is 1. The zero-order valence-corrected chi connectivity index (χ0v) is 11.5. The molecule has 1 aliphatic heterocycles. The van der Waals surface area contributed by atoms with Crippen molar-refractivity contribution in [2.45, 2.75) is 19.3 Å². The molecule has 1 fully saturated rings. The van der Waals surface area contributed by atoms with Crippen molar-refractivity contribution >= 4 is 23.0 Å². The normalized spacial score (nSPS) is 19.5. The lowest BCUT2D eigenvalue weighted by atomic mass is 9.94. The van der Waals surface area contributed by atoms with Gasteiger partial charge in [-0.15, -0.1) is 0 Å². The summed E-state index contributed by atoms with van der Waals surface area (Å²) >= 11 is 5.84. The van der Waals surface area contributed by atoms with Gasteiger partial charge in [0.2, 0.25) is 0 Å². The fraction of sp³-hybridized carbons (Fsp3) is 0.538. The van der Waals surface area contributed by atoms with Crippen LogP contribution in [0.1, 0.15) is 19.3 Å². The van der Waals surface area contributed by atoms with E-state index >= 15 is 0 Å². The van der Waals surface area contributed by atoms with Gasteiger partial charge in [0, 0.05) is 24.2 Å². The van der Waals surface area contributed by atoms with E-state index in [9.17, 15) is 10.1 Å². The maximum atomic E-state index is 11.1. The Kier molecular flexibility index (Phi) is 4.61. The van der Waals surface area contributed by atoms with Gasteiger partial charge in [-0.2, -0.15) is 0 Å². The fourth-order valence-electron chi connectivity index (χ4n) is 2.67. The van der Waals surface area contributed by atoms with Crippen LogP contribution in [0.3, 0.4) is 0 Å². The summed E-state index contributed by atoms with van der Waals surface area (Å²) in [6.45, 7) is 2.35. The second-order valence-corrected chi connectivity index (χ2v) is 5.36. The molecule has 2 N–H and O–H groups in total. The van der Waals surface area contributed by atoms with Gasteiger partial charge < -0.3 is 10.6 Å². The Hall–Kier alpha value is -1.33. The SMILES string of the molecule is NCCC1CCCN(c2ccc(Cl)cc2[N+](=O)[O-])C1. The van der Waals surface area contributed by atoms with Crippen LogP contribution in [-0.4, -0.2) is 24.6 Å². The summed E-state index contributed by atoms with van der Waals surface area (Å²) in [5.74, 6) is 0.522. The number of nitrogens with two attached hydrogens (primary N) is 1. The molecule has 6 heteroatoms. The molecule has 0 bridgehead atoms. The summed E-state index contributed by atoms with van der Waals surface area (Å²) in [7, 11) is 0. The van der Waals surface area contributed by atoms with Crippen LogP contribution in [0.15, 0.2) is 18.2 Å². The third-order valence-corrected chi connectivity index (χ3v) is 3.80. The van der Waals surface area contributed by atoms with Crippen LogP contribution < -0.4 is 10.6 Å². The highest BCUT2D eigenvalue weighted by Gasteiger charge is 2.25. The molecule has 1 saturated heterocycles.